The Hall–Kier alpha value is -1.32. The van der Waals surface area contributed by atoms with Gasteiger partial charge >= 0.3 is 0 Å². The molecular formula is C14H15NOS. The number of aromatic nitrogens is 1. The van der Waals surface area contributed by atoms with Crippen LogP contribution in [-0.4, -0.2) is 10.1 Å². The molecule has 0 bridgehead atoms. The molecule has 1 N–H and O–H groups in total. The number of nitrogens with zero attached hydrogens (tertiary/aromatic N) is 1. The van der Waals surface area contributed by atoms with E-state index in [1.54, 1.807) is 24.2 Å². The van der Waals surface area contributed by atoms with Gasteiger partial charge in [-0.1, -0.05) is 30.8 Å². The lowest BCUT2D eigenvalue weighted by molar-refractivity contribution is 0.173. The summed E-state index contributed by atoms with van der Waals surface area (Å²) in [4.78, 5) is 6.33. The summed E-state index contributed by atoms with van der Waals surface area (Å²) in [5, 5.41) is 9.69. The quantitative estimate of drug-likeness (QED) is 0.892. The lowest BCUT2D eigenvalue weighted by Gasteiger charge is -2.08. The average molecular weight is 245 g/mol. The van der Waals surface area contributed by atoms with Gasteiger partial charge in [0.2, 0.25) is 0 Å². The van der Waals surface area contributed by atoms with E-state index in [9.17, 15) is 5.11 Å². The van der Waals surface area contributed by atoms with Gasteiger partial charge in [-0.15, -0.1) is 0 Å². The van der Waals surface area contributed by atoms with Crippen molar-refractivity contribution in [1.29, 1.82) is 0 Å². The first-order chi connectivity index (χ1) is 8.29. The highest BCUT2D eigenvalue weighted by Gasteiger charge is 2.04. The highest BCUT2D eigenvalue weighted by Crippen LogP contribution is 2.28. The van der Waals surface area contributed by atoms with Gasteiger partial charge in [0, 0.05) is 22.2 Å². The molecule has 0 aliphatic carbocycles. The molecule has 0 aliphatic heterocycles. The summed E-state index contributed by atoms with van der Waals surface area (Å²) in [7, 11) is 0. The van der Waals surface area contributed by atoms with Crippen LogP contribution in [0, 0.1) is 0 Å². The summed E-state index contributed by atoms with van der Waals surface area (Å²) in [5.74, 6) is 0. The number of hydrogen-bond acceptors (Lipinski definition) is 3. The van der Waals surface area contributed by atoms with Gasteiger partial charge in [-0.25, -0.2) is 0 Å². The Balaban J connectivity index is 2.08. The van der Waals surface area contributed by atoms with Crippen LogP contribution in [0.4, 0.5) is 0 Å². The molecule has 17 heavy (non-hydrogen) atoms. The molecule has 0 saturated carbocycles. The van der Waals surface area contributed by atoms with Gasteiger partial charge in [0.25, 0.3) is 0 Å². The molecule has 88 valence electrons. The third-order valence-electron chi connectivity index (χ3n) is 2.54. The van der Waals surface area contributed by atoms with Crippen molar-refractivity contribution in [3.63, 3.8) is 0 Å². The number of aliphatic hydroxyl groups is 1. The number of rotatable bonds is 4. The molecule has 0 unspecified atom stereocenters. The number of benzene rings is 1. The Labute approximate surface area is 106 Å². The summed E-state index contributed by atoms with van der Waals surface area (Å²) in [6.45, 7) is 1.98. The Morgan fingerprint density at radius 2 is 1.65 bits per heavy atom. The highest BCUT2D eigenvalue weighted by molar-refractivity contribution is 7.99. The van der Waals surface area contributed by atoms with E-state index in [0.717, 1.165) is 12.0 Å². The fourth-order valence-corrected chi connectivity index (χ4v) is 2.34. The Morgan fingerprint density at radius 1 is 1.06 bits per heavy atom. The van der Waals surface area contributed by atoms with Crippen LogP contribution in [-0.2, 0) is 0 Å². The van der Waals surface area contributed by atoms with E-state index in [2.05, 4.69) is 4.98 Å². The first kappa shape index (κ1) is 12.1. The maximum Gasteiger partial charge on any atom is 0.0787 e. The van der Waals surface area contributed by atoms with Crippen LogP contribution < -0.4 is 0 Å². The molecule has 0 amide bonds. The predicted molar refractivity (Wildman–Crippen MR) is 70.1 cm³/mol. The molecule has 3 heteroatoms. The van der Waals surface area contributed by atoms with Gasteiger partial charge in [0.15, 0.2) is 0 Å². The van der Waals surface area contributed by atoms with Crippen molar-refractivity contribution in [3.8, 4) is 0 Å². The largest absolute Gasteiger partial charge is 0.388 e. The van der Waals surface area contributed by atoms with Gasteiger partial charge in [-0.05, 0) is 36.2 Å². The van der Waals surface area contributed by atoms with E-state index in [4.69, 9.17) is 0 Å². The molecule has 2 aromatic rings. The minimum absolute atomic E-state index is 0.352. The van der Waals surface area contributed by atoms with Crippen molar-refractivity contribution >= 4 is 11.8 Å². The minimum Gasteiger partial charge on any atom is -0.388 e. The van der Waals surface area contributed by atoms with E-state index in [1.165, 1.54) is 9.79 Å². The molecular weight excluding hydrogens is 230 g/mol. The highest BCUT2D eigenvalue weighted by atomic mass is 32.2. The maximum absolute atomic E-state index is 9.69. The predicted octanol–water partition coefficient (Wildman–Crippen LogP) is 3.68. The normalized spacial score (nSPS) is 12.4. The third-order valence-corrected chi connectivity index (χ3v) is 3.55. The van der Waals surface area contributed by atoms with Gasteiger partial charge in [-0.2, -0.15) is 0 Å². The molecule has 0 saturated heterocycles. The van der Waals surface area contributed by atoms with Gasteiger partial charge in [0.05, 0.1) is 6.10 Å². The van der Waals surface area contributed by atoms with E-state index in [0.29, 0.717) is 0 Å². The molecule has 1 heterocycles. The number of aliphatic hydroxyl groups excluding tert-OH is 1. The summed E-state index contributed by atoms with van der Waals surface area (Å²) >= 11 is 1.69. The zero-order valence-corrected chi connectivity index (χ0v) is 10.5. The molecule has 2 rings (SSSR count). The second-order valence-electron chi connectivity index (χ2n) is 3.78. The summed E-state index contributed by atoms with van der Waals surface area (Å²) in [6, 6.07) is 12.0. The van der Waals surface area contributed by atoms with Crippen molar-refractivity contribution in [2.75, 3.05) is 0 Å². The summed E-state index contributed by atoms with van der Waals surface area (Å²) in [6.07, 6.45) is 3.97. The van der Waals surface area contributed by atoms with Crippen molar-refractivity contribution in [2.45, 2.75) is 29.2 Å². The fraction of sp³-hybridized carbons (Fsp3) is 0.214. The fourth-order valence-electron chi connectivity index (χ4n) is 1.54. The van der Waals surface area contributed by atoms with E-state index < -0.39 is 0 Å². The van der Waals surface area contributed by atoms with Crippen LogP contribution in [0.15, 0.2) is 58.6 Å². The second-order valence-corrected chi connectivity index (χ2v) is 4.92. The molecule has 0 radical (unpaired) electrons. The Morgan fingerprint density at radius 3 is 2.24 bits per heavy atom. The molecule has 1 atom stereocenters. The maximum atomic E-state index is 9.69. The van der Waals surface area contributed by atoms with Crippen LogP contribution in [0.25, 0.3) is 0 Å². The lowest BCUT2D eigenvalue weighted by Crippen LogP contribution is -1.93. The number of pyridine rings is 1. The van der Waals surface area contributed by atoms with E-state index in [1.807, 2.05) is 43.3 Å². The Bertz CT molecular complexity index is 455. The minimum atomic E-state index is -0.352. The topological polar surface area (TPSA) is 33.1 Å². The monoisotopic (exact) mass is 245 g/mol. The zero-order valence-electron chi connectivity index (χ0n) is 9.71. The van der Waals surface area contributed by atoms with Crippen molar-refractivity contribution < 1.29 is 5.11 Å². The zero-order chi connectivity index (χ0) is 12.1. The molecule has 1 aromatic carbocycles. The van der Waals surface area contributed by atoms with Gasteiger partial charge in [-0.3, -0.25) is 4.98 Å². The van der Waals surface area contributed by atoms with Crippen LogP contribution in [0.5, 0.6) is 0 Å². The average Bonchev–Trinajstić information content (AvgIpc) is 2.40. The third kappa shape index (κ3) is 3.32. The first-order valence-corrected chi connectivity index (χ1v) is 6.47. The Kier molecular flexibility index (Phi) is 4.18. The smallest absolute Gasteiger partial charge is 0.0787 e. The molecule has 2 nitrogen and oxygen atoms in total. The van der Waals surface area contributed by atoms with Crippen molar-refractivity contribution in [1.82, 2.24) is 4.98 Å². The number of hydrogen-bond donors (Lipinski definition) is 1. The second kappa shape index (κ2) is 5.84. The lowest BCUT2D eigenvalue weighted by atomic mass is 10.1. The SMILES string of the molecule is CC[C@@H](O)c1ccc(Sc2ccncc2)cc1. The van der Waals surface area contributed by atoms with E-state index >= 15 is 0 Å². The van der Waals surface area contributed by atoms with Crippen LogP contribution >= 0.6 is 11.8 Å². The molecule has 1 aromatic heterocycles. The summed E-state index contributed by atoms with van der Waals surface area (Å²) < 4.78 is 0. The molecule has 0 fully saturated rings. The first-order valence-electron chi connectivity index (χ1n) is 5.65. The van der Waals surface area contributed by atoms with Crippen LogP contribution in [0.2, 0.25) is 0 Å². The van der Waals surface area contributed by atoms with Crippen molar-refractivity contribution in [2.24, 2.45) is 0 Å². The van der Waals surface area contributed by atoms with Gasteiger partial charge < -0.3 is 5.11 Å². The summed E-state index contributed by atoms with van der Waals surface area (Å²) in [5.41, 5.74) is 0.978. The molecule has 0 spiro atoms. The van der Waals surface area contributed by atoms with Gasteiger partial charge in [0.1, 0.15) is 0 Å². The van der Waals surface area contributed by atoms with Crippen LogP contribution in [0.1, 0.15) is 25.0 Å². The molecule has 0 aliphatic rings. The van der Waals surface area contributed by atoms with Crippen LogP contribution in [0.3, 0.4) is 0 Å². The standard InChI is InChI=1S/C14H15NOS/c1-2-14(16)11-3-5-12(6-4-11)17-13-7-9-15-10-8-13/h3-10,14,16H,2H2,1H3/t14-/m1/s1. The van der Waals surface area contributed by atoms with E-state index in [-0.39, 0.29) is 6.10 Å². The van der Waals surface area contributed by atoms with Crippen molar-refractivity contribution in [3.05, 3.63) is 54.4 Å².